The van der Waals surface area contributed by atoms with Crippen molar-refractivity contribution in [2.24, 2.45) is 0 Å². The lowest BCUT2D eigenvalue weighted by Gasteiger charge is -2.15. The van der Waals surface area contributed by atoms with Crippen LogP contribution in [0.4, 0.5) is 11.5 Å². The van der Waals surface area contributed by atoms with Crippen molar-refractivity contribution in [3.05, 3.63) is 61.7 Å². The van der Waals surface area contributed by atoms with Crippen molar-refractivity contribution in [1.82, 2.24) is 4.98 Å². The zero-order valence-electron chi connectivity index (χ0n) is 10.5. The van der Waals surface area contributed by atoms with Crippen LogP contribution in [0.2, 0.25) is 5.02 Å². The summed E-state index contributed by atoms with van der Waals surface area (Å²) in [6.07, 6.45) is 1.38. The second kappa shape index (κ2) is 6.19. The quantitative estimate of drug-likeness (QED) is 0.643. The van der Waals surface area contributed by atoms with E-state index in [0.717, 1.165) is 10.0 Å². The first-order valence-electron chi connectivity index (χ1n) is 5.79. The predicted octanol–water partition coefficient (Wildman–Crippen LogP) is 4.58. The Morgan fingerprint density at radius 2 is 2.20 bits per heavy atom. The molecular formula is C13H11BrClN3O2. The Labute approximate surface area is 129 Å². The first kappa shape index (κ1) is 14.7. The second-order valence-corrected chi connectivity index (χ2v) is 5.55. The molecule has 0 saturated carbocycles. The summed E-state index contributed by atoms with van der Waals surface area (Å²) in [6.45, 7) is 1.90. The molecule has 1 aromatic heterocycles. The lowest BCUT2D eigenvalue weighted by Crippen LogP contribution is -2.09. The largest absolute Gasteiger partial charge is 0.358 e. The molecule has 0 saturated heterocycles. The maximum atomic E-state index is 11.0. The number of anilines is 1. The fourth-order valence-electron chi connectivity index (χ4n) is 1.74. The summed E-state index contributed by atoms with van der Waals surface area (Å²) in [5, 5.41) is 14.3. The van der Waals surface area contributed by atoms with Gasteiger partial charge < -0.3 is 5.32 Å². The van der Waals surface area contributed by atoms with E-state index in [1.54, 1.807) is 0 Å². The van der Waals surface area contributed by atoms with Crippen LogP contribution >= 0.6 is 27.5 Å². The van der Waals surface area contributed by atoms with Gasteiger partial charge in [0.25, 0.3) is 0 Å². The van der Waals surface area contributed by atoms with Crippen molar-refractivity contribution in [2.45, 2.75) is 13.0 Å². The Hall–Kier alpha value is -1.66. The first-order valence-corrected chi connectivity index (χ1v) is 6.96. The molecular weight excluding hydrogens is 346 g/mol. The van der Waals surface area contributed by atoms with E-state index in [9.17, 15) is 10.1 Å². The van der Waals surface area contributed by atoms with Crippen LogP contribution in [0.3, 0.4) is 0 Å². The molecule has 0 spiro atoms. The Kier molecular flexibility index (Phi) is 4.57. The number of hydrogen-bond acceptors (Lipinski definition) is 4. The van der Waals surface area contributed by atoms with Crippen LogP contribution in [0.1, 0.15) is 18.5 Å². The minimum absolute atomic E-state index is 0.125. The number of nitro groups is 1. The number of halogens is 2. The van der Waals surface area contributed by atoms with E-state index in [-0.39, 0.29) is 22.6 Å². The van der Waals surface area contributed by atoms with Gasteiger partial charge in [-0.1, -0.05) is 39.7 Å². The summed E-state index contributed by atoms with van der Waals surface area (Å²) in [5.74, 6) is 0.201. The van der Waals surface area contributed by atoms with Crippen LogP contribution in [0, 0.1) is 10.1 Å². The molecule has 7 heteroatoms. The highest BCUT2D eigenvalue weighted by molar-refractivity contribution is 9.10. The topological polar surface area (TPSA) is 68.1 Å². The molecule has 1 N–H and O–H groups in total. The summed E-state index contributed by atoms with van der Waals surface area (Å²) in [7, 11) is 0. The van der Waals surface area contributed by atoms with Crippen molar-refractivity contribution >= 4 is 39.0 Å². The van der Waals surface area contributed by atoms with Crippen molar-refractivity contribution in [2.75, 3.05) is 5.32 Å². The molecule has 104 valence electrons. The lowest BCUT2D eigenvalue weighted by molar-refractivity contribution is -0.384. The second-order valence-electron chi connectivity index (χ2n) is 4.20. The summed E-state index contributed by atoms with van der Waals surface area (Å²) in [6, 6.07) is 8.86. The normalized spacial score (nSPS) is 11.9. The standard InChI is InChI=1S/C13H11BrClN3O2/c1-8(9-3-2-4-10(14)5-9)17-13-12(18(19)20)6-11(15)7-16-13/h2-8H,1H3,(H,16,17). The zero-order valence-corrected chi connectivity index (χ0v) is 12.9. The van der Waals surface area contributed by atoms with E-state index < -0.39 is 4.92 Å². The molecule has 20 heavy (non-hydrogen) atoms. The molecule has 2 aromatic rings. The zero-order chi connectivity index (χ0) is 14.7. The third-order valence-electron chi connectivity index (χ3n) is 2.73. The summed E-state index contributed by atoms with van der Waals surface area (Å²) in [5.41, 5.74) is 0.852. The lowest BCUT2D eigenvalue weighted by atomic mass is 10.1. The van der Waals surface area contributed by atoms with Crippen LogP contribution in [-0.4, -0.2) is 9.91 Å². The smallest absolute Gasteiger partial charge is 0.312 e. The molecule has 0 aliphatic carbocycles. The van der Waals surface area contributed by atoms with Gasteiger partial charge in [0.05, 0.1) is 16.0 Å². The van der Waals surface area contributed by atoms with Crippen LogP contribution < -0.4 is 5.32 Å². The average molecular weight is 357 g/mol. The number of nitrogens with one attached hydrogen (secondary N) is 1. The van der Waals surface area contributed by atoms with Gasteiger partial charge in [0, 0.05) is 16.7 Å². The summed E-state index contributed by atoms with van der Waals surface area (Å²) in [4.78, 5) is 14.5. The highest BCUT2D eigenvalue weighted by Gasteiger charge is 2.18. The number of benzene rings is 1. The highest BCUT2D eigenvalue weighted by atomic mass is 79.9. The first-order chi connectivity index (χ1) is 9.47. The monoisotopic (exact) mass is 355 g/mol. The van der Waals surface area contributed by atoms with E-state index in [2.05, 4.69) is 26.2 Å². The number of nitrogens with zero attached hydrogens (tertiary/aromatic N) is 2. The third-order valence-corrected chi connectivity index (χ3v) is 3.43. The number of pyridine rings is 1. The Morgan fingerprint density at radius 1 is 1.45 bits per heavy atom. The SMILES string of the molecule is CC(Nc1ncc(Cl)cc1[N+](=O)[O-])c1cccc(Br)c1. The minimum atomic E-state index is -0.505. The molecule has 0 aliphatic rings. The maximum absolute atomic E-state index is 11.0. The predicted molar refractivity (Wildman–Crippen MR) is 82.1 cm³/mol. The van der Waals surface area contributed by atoms with Crippen molar-refractivity contribution in [3.8, 4) is 0 Å². The number of hydrogen-bond donors (Lipinski definition) is 1. The maximum Gasteiger partial charge on any atom is 0.312 e. The Balaban J connectivity index is 2.28. The van der Waals surface area contributed by atoms with Gasteiger partial charge in [0.1, 0.15) is 0 Å². The molecule has 1 aromatic carbocycles. The number of aromatic nitrogens is 1. The van der Waals surface area contributed by atoms with Crippen molar-refractivity contribution < 1.29 is 4.92 Å². The molecule has 0 amide bonds. The van der Waals surface area contributed by atoms with Gasteiger partial charge in [0.2, 0.25) is 5.82 Å². The van der Waals surface area contributed by atoms with Gasteiger partial charge >= 0.3 is 5.69 Å². The molecule has 5 nitrogen and oxygen atoms in total. The van der Waals surface area contributed by atoms with E-state index in [0.29, 0.717) is 0 Å². The summed E-state index contributed by atoms with van der Waals surface area (Å²) < 4.78 is 0.946. The van der Waals surface area contributed by atoms with Gasteiger partial charge in [-0.15, -0.1) is 0 Å². The van der Waals surface area contributed by atoms with E-state index in [1.165, 1.54) is 12.3 Å². The van der Waals surface area contributed by atoms with Gasteiger partial charge in [-0.2, -0.15) is 0 Å². The molecule has 0 bridgehead atoms. The third kappa shape index (κ3) is 3.46. The van der Waals surface area contributed by atoms with E-state index >= 15 is 0 Å². The average Bonchev–Trinajstić information content (AvgIpc) is 2.40. The molecule has 1 heterocycles. The molecule has 1 atom stereocenters. The van der Waals surface area contributed by atoms with Crippen molar-refractivity contribution in [1.29, 1.82) is 0 Å². The van der Waals surface area contributed by atoms with Gasteiger partial charge in [0.15, 0.2) is 0 Å². The van der Waals surface area contributed by atoms with Gasteiger partial charge in [-0.05, 0) is 24.6 Å². The minimum Gasteiger partial charge on any atom is -0.358 e. The van der Waals surface area contributed by atoms with E-state index in [4.69, 9.17) is 11.6 Å². The van der Waals surface area contributed by atoms with Gasteiger partial charge in [-0.25, -0.2) is 4.98 Å². The molecule has 2 rings (SSSR count). The van der Waals surface area contributed by atoms with Crippen molar-refractivity contribution in [3.63, 3.8) is 0 Å². The molecule has 0 aliphatic heterocycles. The molecule has 1 unspecified atom stereocenters. The molecule has 0 fully saturated rings. The fraction of sp³-hybridized carbons (Fsp3) is 0.154. The Morgan fingerprint density at radius 3 is 2.85 bits per heavy atom. The van der Waals surface area contributed by atoms with Gasteiger partial charge in [-0.3, -0.25) is 10.1 Å². The van der Waals surface area contributed by atoms with Crippen LogP contribution in [0.15, 0.2) is 41.0 Å². The van der Waals surface area contributed by atoms with Crippen LogP contribution in [0.5, 0.6) is 0 Å². The van der Waals surface area contributed by atoms with Crippen LogP contribution in [0.25, 0.3) is 0 Å². The van der Waals surface area contributed by atoms with Crippen LogP contribution in [-0.2, 0) is 0 Å². The van der Waals surface area contributed by atoms with E-state index in [1.807, 2.05) is 31.2 Å². The fourth-order valence-corrected chi connectivity index (χ4v) is 2.31. The highest BCUT2D eigenvalue weighted by Crippen LogP contribution is 2.29. The summed E-state index contributed by atoms with van der Waals surface area (Å²) >= 11 is 9.13. The molecule has 0 radical (unpaired) electrons. The number of rotatable bonds is 4. The Bertz CT molecular complexity index is 651.